The molecule has 5 rings (SSSR count). The summed E-state index contributed by atoms with van der Waals surface area (Å²) in [5, 5.41) is 6.00. The fraction of sp³-hybridized carbons (Fsp3) is 0.261. The van der Waals surface area contributed by atoms with Crippen LogP contribution in [0.25, 0.3) is 11.2 Å². The smallest absolute Gasteiger partial charge is 0.332 e. The van der Waals surface area contributed by atoms with E-state index in [9.17, 15) is 14.4 Å². The molecule has 174 valence electrons. The Kier molecular flexibility index (Phi) is 5.16. The molecule has 0 saturated carbocycles. The number of imidazole rings is 1. The number of hydrogen-bond acceptors (Lipinski definition) is 7. The van der Waals surface area contributed by atoms with Crippen LogP contribution in [0, 0.1) is 0 Å². The monoisotopic (exact) mass is 462 g/mol. The molecule has 11 nitrogen and oxygen atoms in total. The van der Waals surface area contributed by atoms with Gasteiger partial charge in [0.1, 0.15) is 24.1 Å². The summed E-state index contributed by atoms with van der Waals surface area (Å²) in [6.07, 6.45) is 3.40. The molecule has 0 aliphatic carbocycles. The third-order valence-electron chi connectivity index (χ3n) is 5.98. The lowest BCUT2D eigenvalue weighted by Crippen LogP contribution is -2.38. The highest BCUT2D eigenvalue weighted by Crippen LogP contribution is 2.33. The van der Waals surface area contributed by atoms with E-state index in [0.29, 0.717) is 12.2 Å². The lowest BCUT2D eigenvalue weighted by molar-refractivity contribution is -0.133. The molecule has 0 N–H and O–H groups in total. The summed E-state index contributed by atoms with van der Waals surface area (Å²) in [6, 6.07) is 10.6. The van der Waals surface area contributed by atoms with E-state index < -0.39 is 17.3 Å². The molecule has 1 amide bonds. The van der Waals surface area contributed by atoms with Crippen LogP contribution >= 0.6 is 0 Å². The molecule has 1 aromatic carbocycles. The van der Waals surface area contributed by atoms with E-state index in [-0.39, 0.29) is 23.6 Å². The van der Waals surface area contributed by atoms with Gasteiger partial charge in [0, 0.05) is 20.5 Å². The second kappa shape index (κ2) is 8.18. The molecular weight excluding hydrogens is 440 g/mol. The van der Waals surface area contributed by atoms with E-state index in [1.54, 1.807) is 25.5 Å². The molecule has 0 radical (unpaired) electrons. The topological polar surface area (TPSA) is 117 Å². The van der Waals surface area contributed by atoms with Crippen LogP contribution in [0.2, 0.25) is 0 Å². The number of hydrazone groups is 1. The van der Waals surface area contributed by atoms with Crippen molar-refractivity contribution in [1.29, 1.82) is 0 Å². The van der Waals surface area contributed by atoms with Crippen molar-refractivity contribution in [2.45, 2.75) is 19.0 Å². The Hall–Kier alpha value is -4.41. The van der Waals surface area contributed by atoms with Gasteiger partial charge in [0.2, 0.25) is 0 Å². The Labute approximate surface area is 193 Å². The van der Waals surface area contributed by atoms with Crippen molar-refractivity contribution in [3.05, 3.63) is 81.2 Å². The Balaban J connectivity index is 1.51. The first-order valence-electron chi connectivity index (χ1n) is 10.6. The number of ether oxygens (including phenoxy) is 1. The van der Waals surface area contributed by atoms with Gasteiger partial charge in [0.25, 0.3) is 11.5 Å². The molecule has 4 heterocycles. The highest BCUT2D eigenvalue weighted by atomic mass is 16.5. The number of furan rings is 1. The minimum absolute atomic E-state index is 0.172. The average Bonchev–Trinajstić information content (AvgIpc) is 3.61. The van der Waals surface area contributed by atoms with Crippen molar-refractivity contribution in [2.75, 3.05) is 7.11 Å². The minimum Gasteiger partial charge on any atom is -0.497 e. The Morgan fingerprint density at radius 2 is 1.91 bits per heavy atom. The zero-order valence-corrected chi connectivity index (χ0v) is 18.8. The standard InChI is InChI=1S/C23H22N6O5/c1-26-21-20(22(31)27(2)23(26)32)28(13-24-21)12-19(30)29-17(18-5-4-10-34-18)11-16(25-29)14-6-8-15(33-3)9-7-14/h4-10,13,17H,11-12H2,1-3H3/t17-/m1/s1. The number of hydrogen-bond donors (Lipinski definition) is 0. The van der Waals surface area contributed by atoms with Gasteiger partial charge >= 0.3 is 5.69 Å². The van der Waals surface area contributed by atoms with Crippen molar-refractivity contribution in [1.82, 2.24) is 23.7 Å². The number of nitrogens with zero attached hydrogens (tertiary/aromatic N) is 6. The zero-order valence-electron chi connectivity index (χ0n) is 18.8. The molecule has 0 unspecified atom stereocenters. The molecule has 0 saturated heterocycles. The van der Waals surface area contributed by atoms with Crippen LogP contribution in [0.5, 0.6) is 5.75 Å². The largest absolute Gasteiger partial charge is 0.497 e. The van der Waals surface area contributed by atoms with Crippen LogP contribution in [0.1, 0.15) is 23.8 Å². The van der Waals surface area contributed by atoms with Crippen molar-refractivity contribution < 1.29 is 13.9 Å². The lowest BCUT2D eigenvalue weighted by atomic mass is 10.0. The number of rotatable bonds is 5. The van der Waals surface area contributed by atoms with E-state index >= 15 is 0 Å². The van der Waals surface area contributed by atoms with Gasteiger partial charge in [-0.1, -0.05) is 0 Å². The van der Waals surface area contributed by atoms with Gasteiger partial charge in [-0.05, 0) is 42.0 Å². The second-order valence-electron chi connectivity index (χ2n) is 8.00. The van der Waals surface area contributed by atoms with E-state index in [2.05, 4.69) is 10.1 Å². The maximum Gasteiger partial charge on any atom is 0.332 e. The molecule has 34 heavy (non-hydrogen) atoms. The molecular formula is C23H22N6O5. The number of carbonyl (C=O) groups is 1. The van der Waals surface area contributed by atoms with Gasteiger partial charge in [-0.3, -0.25) is 18.7 Å². The van der Waals surface area contributed by atoms with Gasteiger partial charge in [-0.2, -0.15) is 5.10 Å². The SMILES string of the molecule is COc1ccc(C2=NN(C(=O)Cn3cnc4c3c(=O)n(C)c(=O)n4C)[C@@H](c3ccco3)C2)cc1. The Morgan fingerprint density at radius 3 is 2.59 bits per heavy atom. The molecule has 0 fully saturated rings. The van der Waals surface area contributed by atoms with Crippen LogP contribution < -0.4 is 16.0 Å². The number of benzene rings is 1. The summed E-state index contributed by atoms with van der Waals surface area (Å²) in [5.41, 5.74) is 0.976. The molecule has 0 bridgehead atoms. The number of carbonyl (C=O) groups excluding carboxylic acids is 1. The van der Waals surface area contributed by atoms with Crippen LogP contribution in [0.15, 0.2) is 68.1 Å². The molecule has 1 aliphatic heterocycles. The molecule has 0 spiro atoms. The summed E-state index contributed by atoms with van der Waals surface area (Å²) in [6.45, 7) is -0.180. The first-order chi connectivity index (χ1) is 16.4. The third kappa shape index (κ3) is 3.41. The maximum atomic E-state index is 13.4. The van der Waals surface area contributed by atoms with Crippen molar-refractivity contribution in [3.8, 4) is 5.75 Å². The van der Waals surface area contributed by atoms with Gasteiger partial charge in [-0.15, -0.1) is 0 Å². The summed E-state index contributed by atoms with van der Waals surface area (Å²) >= 11 is 0. The summed E-state index contributed by atoms with van der Waals surface area (Å²) in [4.78, 5) is 42.5. The van der Waals surface area contributed by atoms with Gasteiger partial charge in [0.05, 0.1) is 25.4 Å². The fourth-order valence-electron chi connectivity index (χ4n) is 4.14. The lowest BCUT2D eigenvalue weighted by Gasteiger charge is -2.20. The zero-order chi connectivity index (χ0) is 24.0. The highest BCUT2D eigenvalue weighted by molar-refractivity contribution is 6.03. The first kappa shape index (κ1) is 21.4. The molecule has 1 aliphatic rings. The molecule has 1 atom stereocenters. The molecule has 3 aromatic heterocycles. The third-order valence-corrected chi connectivity index (χ3v) is 5.98. The fourth-order valence-corrected chi connectivity index (χ4v) is 4.14. The number of fused-ring (bicyclic) bond motifs is 1. The van der Waals surface area contributed by atoms with E-state index in [1.165, 1.54) is 34.6 Å². The van der Waals surface area contributed by atoms with Gasteiger partial charge in [0.15, 0.2) is 11.2 Å². The first-order valence-corrected chi connectivity index (χ1v) is 10.6. The quantitative estimate of drug-likeness (QED) is 0.443. The normalized spacial score (nSPS) is 15.7. The van der Waals surface area contributed by atoms with Crippen LogP contribution in [-0.4, -0.2) is 42.4 Å². The maximum absolute atomic E-state index is 13.4. The van der Waals surface area contributed by atoms with E-state index in [4.69, 9.17) is 9.15 Å². The van der Waals surface area contributed by atoms with Gasteiger partial charge in [-0.25, -0.2) is 14.8 Å². The summed E-state index contributed by atoms with van der Waals surface area (Å²) in [5.74, 6) is 0.982. The van der Waals surface area contributed by atoms with Gasteiger partial charge < -0.3 is 13.7 Å². The number of amides is 1. The number of aryl methyl sites for hydroxylation is 1. The second-order valence-corrected chi connectivity index (χ2v) is 8.00. The van der Waals surface area contributed by atoms with Crippen LogP contribution in [-0.2, 0) is 25.4 Å². The van der Waals surface area contributed by atoms with Crippen molar-refractivity contribution in [3.63, 3.8) is 0 Å². The highest BCUT2D eigenvalue weighted by Gasteiger charge is 2.35. The molecule has 11 heteroatoms. The average molecular weight is 462 g/mol. The Morgan fingerprint density at radius 1 is 1.15 bits per heavy atom. The number of methoxy groups -OCH3 is 1. The van der Waals surface area contributed by atoms with Crippen LogP contribution in [0.3, 0.4) is 0 Å². The van der Waals surface area contributed by atoms with Crippen molar-refractivity contribution in [2.24, 2.45) is 19.2 Å². The van der Waals surface area contributed by atoms with E-state index in [1.807, 2.05) is 24.3 Å². The Bertz CT molecular complexity index is 1530. The summed E-state index contributed by atoms with van der Waals surface area (Å²) < 4.78 is 14.5. The predicted molar refractivity (Wildman–Crippen MR) is 123 cm³/mol. The summed E-state index contributed by atoms with van der Waals surface area (Å²) in [7, 11) is 4.52. The minimum atomic E-state index is -0.519. The van der Waals surface area contributed by atoms with Crippen molar-refractivity contribution >= 4 is 22.8 Å². The molecule has 4 aromatic rings. The van der Waals surface area contributed by atoms with Crippen LogP contribution in [0.4, 0.5) is 0 Å². The van der Waals surface area contributed by atoms with E-state index in [0.717, 1.165) is 21.6 Å². The number of aromatic nitrogens is 4. The predicted octanol–water partition coefficient (Wildman–Crippen LogP) is 1.41.